The van der Waals surface area contributed by atoms with E-state index in [1.807, 2.05) is 25.1 Å². The predicted octanol–water partition coefficient (Wildman–Crippen LogP) is 3.62. The molecular weight excluding hydrogens is 338 g/mol. The van der Waals surface area contributed by atoms with Gasteiger partial charge in [0.1, 0.15) is 4.88 Å². The molecule has 20 heavy (non-hydrogen) atoms. The number of halogens is 1. The van der Waals surface area contributed by atoms with Crippen LogP contribution in [-0.2, 0) is 0 Å². The molecule has 1 unspecified atom stereocenters. The fourth-order valence-electron chi connectivity index (χ4n) is 1.88. The molecule has 104 valence electrons. The summed E-state index contributed by atoms with van der Waals surface area (Å²) in [6.45, 7) is 1.85. The first-order valence-corrected chi connectivity index (χ1v) is 7.68. The third-order valence-electron chi connectivity index (χ3n) is 3.25. The van der Waals surface area contributed by atoms with Crippen LogP contribution in [0.4, 0.5) is 5.69 Å². The van der Waals surface area contributed by atoms with Gasteiger partial charge in [0.25, 0.3) is 5.91 Å². The van der Waals surface area contributed by atoms with Crippen molar-refractivity contribution in [3.05, 3.63) is 27.5 Å². The molecule has 0 bridgehead atoms. The fraction of sp³-hybridized carbons (Fsp3) is 0.286. The number of nitriles is 1. The Bertz CT molecular complexity index is 704. The summed E-state index contributed by atoms with van der Waals surface area (Å²) in [4.78, 5) is 14.6. The number of carbonyl (C=O) groups excluding carboxylic acids is 1. The molecule has 1 atom stereocenters. The lowest BCUT2D eigenvalue weighted by Gasteiger charge is -2.22. The average molecular weight is 352 g/mol. The van der Waals surface area contributed by atoms with Gasteiger partial charge in [-0.2, -0.15) is 5.26 Å². The van der Waals surface area contributed by atoms with E-state index in [9.17, 15) is 4.79 Å². The molecule has 1 heterocycles. The number of nitrogen functional groups attached to an aromatic ring is 1. The predicted molar refractivity (Wildman–Crippen MR) is 85.7 cm³/mol. The first-order valence-electron chi connectivity index (χ1n) is 6.07. The maximum atomic E-state index is 12.5. The molecule has 1 amide bonds. The number of thiophene rings is 1. The molecule has 0 saturated carbocycles. The summed E-state index contributed by atoms with van der Waals surface area (Å²) >= 11 is 4.79. The zero-order valence-electron chi connectivity index (χ0n) is 11.2. The lowest BCUT2D eigenvalue weighted by molar-refractivity contribution is 0.0752. The molecule has 2 aromatic rings. The van der Waals surface area contributed by atoms with Gasteiger partial charge < -0.3 is 10.6 Å². The molecule has 6 heteroatoms. The van der Waals surface area contributed by atoms with E-state index < -0.39 is 0 Å². The number of amides is 1. The average Bonchev–Trinajstić information content (AvgIpc) is 2.74. The van der Waals surface area contributed by atoms with Gasteiger partial charge in [0.2, 0.25) is 0 Å². The Labute approximate surface area is 129 Å². The first-order chi connectivity index (χ1) is 9.45. The van der Waals surface area contributed by atoms with Crippen LogP contribution in [0.1, 0.15) is 23.0 Å². The summed E-state index contributed by atoms with van der Waals surface area (Å²) in [5, 5.41) is 9.61. The van der Waals surface area contributed by atoms with Crippen molar-refractivity contribution in [1.29, 1.82) is 5.26 Å². The third-order valence-corrected chi connectivity index (χ3v) is 4.92. The van der Waals surface area contributed by atoms with Crippen molar-refractivity contribution >= 4 is 48.9 Å². The highest BCUT2D eigenvalue weighted by Gasteiger charge is 2.22. The van der Waals surface area contributed by atoms with Gasteiger partial charge in [0.15, 0.2) is 0 Å². The zero-order chi connectivity index (χ0) is 14.9. The second kappa shape index (κ2) is 5.81. The zero-order valence-corrected chi connectivity index (χ0v) is 13.6. The van der Waals surface area contributed by atoms with Crippen LogP contribution in [0.3, 0.4) is 0 Å². The molecule has 2 rings (SSSR count). The minimum Gasteiger partial charge on any atom is -0.397 e. The van der Waals surface area contributed by atoms with Crippen LogP contribution in [-0.4, -0.2) is 23.9 Å². The molecule has 1 aromatic heterocycles. The molecule has 0 fully saturated rings. The van der Waals surface area contributed by atoms with Crippen molar-refractivity contribution in [2.45, 2.75) is 19.4 Å². The summed E-state index contributed by atoms with van der Waals surface area (Å²) in [7, 11) is 1.70. The second-order valence-electron chi connectivity index (χ2n) is 4.61. The van der Waals surface area contributed by atoms with E-state index in [1.54, 1.807) is 11.9 Å². The summed E-state index contributed by atoms with van der Waals surface area (Å²) in [6.07, 6.45) is 0.304. The van der Waals surface area contributed by atoms with Crippen molar-refractivity contribution in [2.24, 2.45) is 0 Å². The standard InChI is InChI=1S/C14H14BrN3OS/c1-8(5-6-16)18(2)14(19)13-12(17)10-7-9(15)3-4-11(10)20-13/h3-4,7-8H,5,17H2,1-2H3. The Kier molecular flexibility index (Phi) is 4.31. The minimum atomic E-state index is -0.137. The molecule has 0 aliphatic carbocycles. The molecule has 0 spiro atoms. The maximum Gasteiger partial charge on any atom is 0.266 e. The van der Waals surface area contributed by atoms with Crippen molar-refractivity contribution in [3.63, 3.8) is 0 Å². The number of hydrogen-bond donors (Lipinski definition) is 1. The van der Waals surface area contributed by atoms with Gasteiger partial charge in [0.05, 0.1) is 18.2 Å². The second-order valence-corrected chi connectivity index (χ2v) is 6.58. The molecule has 0 aliphatic heterocycles. The number of hydrogen-bond acceptors (Lipinski definition) is 4. The van der Waals surface area contributed by atoms with Crippen molar-refractivity contribution in [1.82, 2.24) is 4.90 Å². The summed E-state index contributed by atoms with van der Waals surface area (Å²) < 4.78 is 1.91. The SMILES string of the molecule is CC(CC#N)N(C)C(=O)c1sc2ccc(Br)cc2c1N. The van der Waals surface area contributed by atoms with Crippen molar-refractivity contribution in [2.75, 3.05) is 12.8 Å². The van der Waals surface area contributed by atoms with Gasteiger partial charge in [-0.15, -0.1) is 11.3 Å². The van der Waals surface area contributed by atoms with E-state index >= 15 is 0 Å². The normalized spacial score (nSPS) is 12.1. The van der Waals surface area contributed by atoms with Gasteiger partial charge in [-0.25, -0.2) is 0 Å². The Morgan fingerprint density at radius 3 is 2.95 bits per heavy atom. The highest BCUT2D eigenvalue weighted by atomic mass is 79.9. The van der Waals surface area contributed by atoms with E-state index in [-0.39, 0.29) is 11.9 Å². The smallest absolute Gasteiger partial charge is 0.266 e. The highest BCUT2D eigenvalue weighted by molar-refractivity contribution is 9.10. The summed E-state index contributed by atoms with van der Waals surface area (Å²) in [5.41, 5.74) is 6.60. The number of rotatable bonds is 3. The quantitative estimate of drug-likeness (QED) is 0.917. The maximum absolute atomic E-state index is 12.5. The van der Waals surface area contributed by atoms with Crippen molar-refractivity contribution < 1.29 is 4.79 Å². The van der Waals surface area contributed by atoms with E-state index in [1.165, 1.54) is 11.3 Å². The monoisotopic (exact) mass is 351 g/mol. The lowest BCUT2D eigenvalue weighted by Crippen LogP contribution is -2.34. The highest BCUT2D eigenvalue weighted by Crippen LogP contribution is 2.36. The van der Waals surface area contributed by atoms with E-state index in [4.69, 9.17) is 11.0 Å². The van der Waals surface area contributed by atoms with Crippen LogP contribution in [0.15, 0.2) is 22.7 Å². The number of anilines is 1. The number of benzene rings is 1. The van der Waals surface area contributed by atoms with Crippen LogP contribution in [0.2, 0.25) is 0 Å². The Balaban J connectivity index is 2.40. The molecule has 0 radical (unpaired) electrons. The van der Waals surface area contributed by atoms with Crippen LogP contribution >= 0.6 is 27.3 Å². The largest absolute Gasteiger partial charge is 0.397 e. The van der Waals surface area contributed by atoms with Gasteiger partial charge in [-0.1, -0.05) is 15.9 Å². The number of nitrogens with two attached hydrogens (primary N) is 1. The Morgan fingerprint density at radius 2 is 2.30 bits per heavy atom. The molecule has 0 aliphatic rings. The lowest BCUT2D eigenvalue weighted by atomic mass is 10.2. The van der Waals surface area contributed by atoms with Crippen LogP contribution in [0.5, 0.6) is 0 Å². The van der Waals surface area contributed by atoms with E-state index in [0.717, 1.165) is 14.6 Å². The Morgan fingerprint density at radius 1 is 1.60 bits per heavy atom. The molecule has 2 N–H and O–H groups in total. The fourth-order valence-corrected chi connectivity index (χ4v) is 3.32. The van der Waals surface area contributed by atoms with Gasteiger partial charge in [-0.3, -0.25) is 4.79 Å². The van der Waals surface area contributed by atoms with Gasteiger partial charge >= 0.3 is 0 Å². The first kappa shape index (κ1) is 14.8. The molecule has 4 nitrogen and oxygen atoms in total. The van der Waals surface area contributed by atoms with Crippen LogP contribution in [0, 0.1) is 11.3 Å². The molecule has 1 aromatic carbocycles. The van der Waals surface area contributed by atoms with Crippen LogP contribution in [0.25, 0.3) is 10.1 Å². The third kappa shape index (κ3) is 2.65. The molecular formula is C14H14BrN3OS. The number of carbonyl (C=O) groups is 1. The number of nitrogens with zero attached hydrogens (tertiary/aromatic N) is 2. The van der Waals surface area contributed by atoms with E-state index in [0.29, 0.717) is 17.0 Å². The van der Waals surface area contributed by atoms with E-state index in [2.05, 4.69) is 22.0 Å². The molecule has 0 saturated heterocycles. The number of fused-ring (bicyclic) bond motifs is 1. The van der Waals surface area contributed by atoms with Gasteiger partial charge in [0, 0.05) is 27.6 Å². The Hall–Kier alpha value is -1.58. The summed E-state index contributed by atoms with van der Waals surface area (Å²) in [5.74, 6) is -0.137. The van der Waals surface area contributed by atoms with Crippen LogP contribution < -0.4 is 5.73 Å². The topological polar surface area (TPSA) is 70.1 Å². The minimum absolute atomic E-state index is 0.135. The van der Waals surface area contributed by atoms with Crippen molar-refractivity contribution in [3.8, 4) is 6.07 Å². The summed E-state index contributed by atoms with van der Waals surface area (Å²) in [6, 6.07) is 7.72. The van der Waals surface area contributed by atoms with Gasteiger partial charge in [-0.05, 0) is 25.1 Å².